The first-order valence-corrected chi connectivity index (χ1v) is 25.4. The van der Waals surface area contributed by atoms with Crippen molar-refractivity contribution in [2.24, 2.45) is 0 Å². The van der Waals surface area contributed by atoms with E-state index in [1.54, 1.807) is 0 Å². The van der Waals surface area contributed by atoms with Gasteiger partial charge >= 0.3 is 17.9 Å². The van der Waals surface area contributed by atoms with Gasteiger partial charge in [0.25, 0.3) is 0 Å². The van der Waals surface area contributed by atoms with Crippen LogP contribution in [-0.4, -0.2) is 37.2 Å². The summed E-state index contributed by atoms with van der Waals surface area (Å²) in [6, 6.07) is 0. The summed E-state index contributed by atoms with van der Waals surface area (Å²) in [6.07, 6.45) is 61.7. The second kappa shape index (κ2) is 49.5. The van der Waals surface area contributed by atoms with Crippen LogP contribution in [0.3, 0.4) is 0 Å². The number of carbonyl (C=O) groups is 3. The van der Waals surface area contributed by atoms with Crippen molar-refractivity contribution in [1.82, 2.24) is 0 Å². The zero-order valence-electron chi connectivity index (χ0n) is 39.9. The van der Waals surface area contributed by atoms with Crippen LogP contribution in [0, 0.1) is 0 Å². The minimum Gasteiger partial charge on any atom is -0.462 e. The highest BCUT2D eigenvalue weighted by Gasteiger charge is 2.19. The van der Waals surface area contributed by atoms with Crippen LogP contribution in [0.2, 0.25) is 0 Å². The molecular formula is C55H94O6. The van der Waals surface area contributed by atoms with Gasteiger partial charge in [-0.2, -0.15) is 0 Å². The first-order chi connectivity index (χ1) is 30.0. The molecule has 6 heteroatoms. The van der Waals surface area contributed by atoms with Gasteiger partial charge in [0.05, 0.1) is 0 Å². The Hall–Kier alpha value is -3.15. The van der Waals surface area contributed by atoms with Crippen molar-refractivity contribution in [2.45, 2.75) is 245 Å². The monoisotopic (exact) mass is 851 g/mol. The van der Waals surface area contributed by atoms with Crippen LogP contribution in [0.1, 0.15) is 239 Å². The van der Waals surface area contributed by atoms with E-state index in [0.717, 1.165) is 96.3 Å². The predicted octanol–water partition coefficient (Wildman–Crippen LogP) is 16.6. The van der Waals surface area contributed by atoms with Crippen LogP contribution in [0.4, 0.5) is 0 Å². The fourth-order valence-electron chi connectivity index (χ4n) is 6.87. The zero-order valence-corrected chi connectivity index (χ0v) is 39.9. The SMILES string of the molecule is CC/C=C\C/C=C\C/C=C\C/C=C\C/C=C\CCCCCC(=O)OCC(COC(=O)CCCCCCCCCCC)OC(=O)CCCCCCCCC/C=C\CCCCCC. The Bertz CT molecular complexity index is 1160. The summed E-state index contributed by atoms with van der Waals surface area (Å²) in [7, 11) is 0. The van der Waals surface area contributed by atoms with Crippen LogP contribution in [0.25, 0.3) is 0 Å². The molecule has 0 aromatic carbocycles. The maximum atomic E-state index is 12.8. The summed E-state index contributed by atoms with van der Waals surface area (Å²) in [4.78, 5) is 37.9. The number of rotatable bonds is 45. The number of hydrogen-bond donors (Lipinski definition) is 0. The Morgan fingerprint density at radius 3 is 1.05 bits per heavy atom. The molecule has 0 aromatic rings. The first kappa shape index (κ1) is 57.9. The van der Waals surface area contributed by atoms with Gasteiger partial charge in [-0.1, -0.05) is 203 Å². The van der Waals surface area contributed by atoms with Crippen LogP contribution >= 0.6 is 0 Å². The molecule has 0 aliphatic carbocycles. The van der Waals surface area contributed by atoms with E-state index in [0.29, 0.717) is 19.3 Å². The molecule has 0 aromatic heterocycles. The summed E-state index contributed by atoms with van der Waals surface area (Å²) >= 11 is 0. The van der Waals surface area contributed by atoms with Crippen molar-refractivity contribution < 1.29 is 28.6 Å². The number of carbonyl (C=O) groups excluding carboxylic acids is 3. The van der Waals surface area contributed by atoms with Gasteiger partial charge in [-0.25, -0.2) is 0 Å². The molecule has 6 nitrogen and oxygen atoms in total. The second-order valence-electron chi connectivity index (χ2n) is 16.7. The Morgan fingerprint density at radius 1 is 0.344 bits per heavy atom. The molecule has 0 spiro atoms. The molecule has 61 heavy (non-hydrogen) atoms. The van der Waals surface area contributed by atoms with Gasteiger partial charge in [0, 0.05) is 19.3 Å². The lowest BCUT2D eigenvalue weighted by molar-refractivity contribution is -0.167. The fraction of sp³-hybridized carbons (Fsp3) is 0.727. The Labute approximate surface area is 376 Å². The summed E-state index contributed by atoms with van der Waals surface area (Å²) in [5, 5.41) is 0. The lowest BCUT2D eigenvalue weighted by atomic mass is 10.1. The molecule has 0 fully saturated rings. The lowest BCUT2D eigenvalue weighted by Crippen LogP contribution is -2.30. The van der Waals surface area contributed by atoms with Gasteiger partial charge in [-0.05, 0) is 89.9 Å². The van der Waals surface area contributed by atoms with Crippen molar-refractivity contribution in [3.8, 4) is 0 Å². The van der Waals surface area contributed by atoms with Crippen LogP contribution in [0.5, 0.6) is 0 Å². The van der Waals surface area contributed by atoms with Gasteiger partial charge in [0.1, 0.15) is 13.2 Å². The van der Waals surface area contributed by atoms with Gasteiger partial charge in [-0.15, -0.1) is 0 Å². The average molecular weight is 851 g/mol. The molecule has 0 amide bonds. The molecule has 0 saturated heterocycles. The lowest BCUT2D eigenvalue weighted by Gasteiger charge is -2.18. The number of hydrogen-bond acceptors (Lipinski definition) is 6. The molecule has 0 saturated carbocycles. The highest BCUT2D eigenvalue weighted by atomic mass is 16.6. The summed E-state index contributed by atoms with van der Waals surface area (Å²) in [6.45, 7) is 6.46. The van der Waals surface area contributed by atoms with Crippen molar-refractivity contribution in [3.05, 3.63) is 72.9 Å². The van der Waals surface area contributed by atoms with Crippen molar-refractivity contribution in [1.29, 1.82) is 0 Å². The third kappa shape index (κ3) is 47.7. The van der Waals surface area contributed by atoms with Gasteiger partial charge < -0.3 is 14.2 Å². The highest BCUT2D eigenvalue weighted by Crippen LogP contribution is 2.14. The standard InChI is InChI=1S/C55H94O6/c1-4-7-10-13-16-19-21-23-25-26-27-28-30-31-33-36-39-42-45-48-54(57)60-51-52(50-59-53(56)47-44-41-38-35-18-15-12-9-6-3)61-55(58)49-46-43-40-37-34-32-29-24-22-20-17-14-11-8-5-2/h7,10,16,19-20,22-23,25,27-28,31,33,52H,4-6,8-9,11-15,17-18,21,24,26,29-30,32,34-51H2,1-3H3/b10-7-,19-16-,22-20-,25-23-,28-27-,33-31-. The average Bonchev–Trinajstić information content (AvgIpc) is 3.26. The Kier molecular flexibility index (Phi) is 46.9. The fourth-order valence-corrected chi connectivity index (χ4v) is 6.87. The Morgan fingerprint density at radius 2 is 0.639 bits per heavy atom. The second-order valence-corrected chi connectivity index (χ2v) is 16.7. The molecule has 350 valence electrons. The molecule has 0 aliphatic heterocycles. The van der Waals surface area contributed by atoms with Crippen LogP contribution in [0.15, 0.2) is 72.9 Å². The van der Waals surface area contributed by atoms with Crippen molar-refractivity contribution in [3.63, 3.8) is 0 Å². The van der Waals surface area contributed by atoms with E-state index in [2.05, 4.69) is 93.7 Å². The quantitative estimate of drug-likeness (QED) is 0.0263. The van der Waals surface area contributed by atoms with E-state index < -0.39 is 6.10 Å². The van der Waals surface area contributed by atoms with Crippen LogP contribution in [-0.2, 0) is 28.6 Å². The van der Waals surface area contributed by atoms with E-state index >= 15 is 0 Å². The molecule has 0 radical (unpaired) electrons. The van der Waals surface area contributed by atoms with E-state index in [9.17, 15) is 14.4 Å². The topological polar surface area (TPSA) is 78.9 Å². The molecule has 0 N–H and O–H groups in total. The van der Waals surface area contributed by atoms with Gasteiger partial charge in [-0.3, -0.25) is 14.4 Å². The Balaban J connectivity index is 4.39. The van der Waals surface area contributed by atoms with Crippen molar-refractivity contribution in [2.75, 3.05) is 13.2 Å². The number of allylic oxidation sites excluding steroid dienone is 12. The number of ether oxygens (including phenoxy) is 3. The maximum absolute atomic E-state index is 12.8. The smallest absolute Gasteiger partial charge is 0.306 e. The molecule has 1 atom stereocenters. The van der Waals surface area contributed by atoms with E-state index in [1.807, 2.05) is 0 Å². The third-order valence-corrected chi connectivity index (χ3v) is 10.7. The minimum atomic E-state index is -0.788. The molecule has 1 unspecified atom stereocenters. The van der Waals surface area contributed by atoms with Gasteiger partial charge in [0.2, 0.25) is 0 Å². The minimum absolute atomic E-state index is 0.0867. The third-order valence-electron chi connectivity index (χ3n) is 10.7. The molecule has 0 aliphatic rings. The molecule has 0 rings (SSSR count). The number of unbranched alkanes of at least 4 members (excludes halogenated alkanes) is 22. The van der Waals surface area contributed by atoms with E-state index in [-0.39, 0.29) is 31.1 Å². The number of esters is 3. The highest BCUT2D eigenvalue weighted by molar-refractivity contribution is 5.71. The van der Waals surface area contributed by atoms with Crippen LogP contribution < -0.4 is 0 Å². The summed E-state index contributed by atoms with van der Waals surface area (Å²) in [5.74, 6) is -0.927. The zero-order chi connectivity index (χ0) is 44.4. The normalized spacial score (nSPS) is 12.6. The van der Waals surface area contributed by atoms with Gasteiger partial charge in [0.15, 0.2) is 6.10 Å². The van der Waals surface area contributed by atoms with Crippen molar-refractivity contribution >= 4 is 17.9 Å². The first-order valence-electron chi connectivity index (χ1n) is 25.4. The van der Waals surface area contributed by atoms with E-state index in [1.165, 1.54) is 103 Å². The summed E-state index contributed by atoms with van der Waals surface area (Å²) in [5.41, 5.74) is 0. The largest absolute Gasteiger partial charge is 0.462 e. The molecule has 0 bridgehead atoms. The molecule has 0 heterocycles. The predicted molar refractivity (Wildman–Crippen MR) is 261 cm³/mol. The van der Waals surface area contributed by atoms with E-state index in [4.69, 9.17) is 14.2 Å². The summed E-state index contributed by atoms with van der Waals surface area (Å²) < 4.78 is 16.7. The maximum Gasteiger partial charge on any atom is 0.306 e. The molecular weight excluding hydrogens is 757 g/mol.